The Balaban J connectivity index is 2.85. The monoisotopic (exact) mass is 238 g/mol. The normalized spacial score (nSPS) is 44.3. The van der Waals surface area contributed by atoms with Crippen LogP contribution in [0.4, 0.5) is 0 Å². The first-order valence-electron chi connectivity index (χ1n) is 4.59. The molecule has 1 aliphatic heterocycles. The Labute approximate surface area is 90.3 Å². The van der Waals surface area contributed by atoms with Crippen molar-refractivity contribution in [2.24, 2.45) is 0 Å². The second-order valence-electron chi connectivity index (χ2n) is 3.68. The molecule has 0 aromatic rings. The molecule has 1 heterocycles. The van der Waals surface area contributed by atoms with Gasteiger partial charge in [-0.25, -0.2) is 0 Å². The van der Waals surface area contributed by atoms with Gasteiger partial charge in [-0.3, -0.25) is 4.79 Å². The number of aliphatic hydroxyl groups is 5. The Hall–Kier alpha value is -0.770. The van der Waals surface area contributed by atoms with E-state index < -0.39 is 49.2 Å². The van der Waals surface area contributed by atoms with E-state index in [4.69, 9.17) is 14.9 Å². The first-order valence-corrected chi connectivity index (χ1v) is 4.59. The van der Waals surface area contributed by atoms with Crippen LogP contribution in [-0.2, 0) is 9.53 Å². The first kappa shape index (κ1) is 13.3. The molecule has 5 atom stereocenters. The van der Waals surface area contributed by atoms with E-state index in [1.807, 2.05) is 0 Å². The zero-order valence-electron chi connectivity index (χ0n) is 8.22. The van der Waals surface area contributed by atoms with Crippen molar-refractivity contribution in [3.8, 4) is 0 Å². The van der Waals surface area contributed by atoms with Crippen LogP contribution in [0.25, 0.3) is 0 Å². The molecule has 1 saturated heterocycles. The lowest BCUT2D eigenvalue weighted by molar-refractivity contribution is -0.354. The van der Waals surface area contributed by atoms with Gasteiger partial charge in [0, 0.05) is 0 Å². The van der Waals surface area contributed by atoms with E-state index in [1.165, 1.54) is 0 Å². The van der Waals surface area contributed by atoms with Gasteiger partial charge >= 0.3 is 5.97 Å². The Morgan fingerprint density at radius 3 is 2.25 bits per heavy atom. The Morgan fingerprint density at radius 1 is 1.25 bits per heavy atom. The summed E-state index contributed by atoms with van der Waals surface area (Å²) in [5.74, 6) is -3.79. The molecule has 0 saturated carbocycles. The summed E-state index contributed by atoms with van der Waals surface area (Å²) in [7, 11) is 0. The maximum Gasteiger partial charge on any atom is 0.306 e. The van der Waals surface area contributed by atoms with Crippen molar-refractivity contribution in [1.29, 1.82) is 0 Å². The fourth-order valence-electron chi connectivity index (χ4n) is 1.54. The fraction of sp³-hybridized carbons (Fsp3) is 0.875. The molecule has 0 aromatic heterocycles. The number of aliphatic carboxylic acids is 1. The largest absolute Gasteiger partial charge is 0.481 e. The van der Waals surface area contributed by atoms with Crippen LogP contribution in [0, 0.1) is 0 Å². The molecule has 1 rings (SSSR count). The molecule has 1 unspecified atom stereocenters. The van der Waals surface area contributed by atoms with Crippen molar-refractivity contribution >= 4 is 5.97 Å². The summed E-state index contributed by atoms with van der Waals surface area (Å²) in [6, 6.07) is 0. The van der Waals surface area contributed by atoms with Gasteiger partial charge in [0.05, 0.1) is 13.0 Å². The predicted molar refractivity (Wildman–Crippen MR) is 47.2 cm³/mol. The van der Waals surface area contributed by atoms with Gasteiger partial charge in [-0.2, -0.15) is 0 Å². The number of aliphatic hydroxyl groups excluding tert-OH is 4. The van der Waals surface area contributed by atoms with E-state index in [1.54, 1.807) is 0 Å². The minimum Gasteiger partial charge on any atom is -0.481 e. The molecule has 94 valence electrons. The number of hydrogen-bond donors (Lipinski definition) is 6. The molecule has 0 radical (unpaired) electrons. The third kappa shape index (κ3) is 2.32. The summed E-state index contributed by atoms with van der Waals surface area (Å²) in [6.07, 6.45) is -7.45. The molecule has 1 aliphatic rings. The standard InChI is InChI=1S/C8H14O8/c9-2-8(15)7(14)6(13)5(12)3(16-8)1-4(10)11/h3,5-7,9,12-15H,1-2H2,(H,10,11)/t3?,5-,6-,7+,8+/m1/s1. The van der Waals surface area contributed by atoms with Crippen LogP contribution in [0.5, 0.6) is 0 Å². The molecule has 8 nitrogen and oxygen atoms in total. The van der Waals surface area contributed by atoms with Gasteiger partial charge in [-0.1, -0.05) is 0 Å². The summed E-state index contributed by atoms with van der Waals surface area (Å²) in [5, 5.41) is 54.9. The SMILES string of the molecule is O=C(O)CC1O[C@@](O)(CO)[C@@H](O)[C@H](O)[C@@H]1O. The minimum absolute atomic E-state index is 0.673. The molecule has 0 spiro atoms. The van der Waals surface area contributed by atoms with Crippen LogP contribution in [0.3, 0.4) is 0 Å². The summed E-state index contributed by atoms with van der Waals surface area (Å²) in [4.78, 5) is 10.4. The van der Waals surface area contributed by atoms with E-state index in [-0.39, 0.29) is 0 Å². The van der Waals surface area contributed by atoms with Gasteiger partial charge in [-0.05, 0) is 0 Å². The molecule has 0 amide bonds. The lowest BCUT2D eigenvalue weighted by Crippen LogP contribution is -2.66. The van der Waals surface area contributed by atoms with E-state index in [0.717, 1.165) is 0 Å². The predicted octanol–water partition coefficient (Wildman–Crippen LogP) is -3.38. The third-order valence-corrected chi connectivity index (χ3v) is 2.47. The van der Waals surface area contributed by atoms with Crippen molar-refractivity contribution in [2.45, 2.75) is 36.6 Å². The first-order chi connectivity index (χ1) is 7.31. The molecular weight excluding hydrogens is 224 g/mol. The highest BCUT2D eigenvalue weighted by molar-refractivity contribution is 5.67. The summed E-state index contributed by atoms with van der Waals surface area (Å²) < 4.78 is 4.69. The van der Waals surface area contributed by atoms with E-state index in [2.05, 4.69) is 0 Å². The topological polar surface area (TPSA) is 148 Å². The van der Waals surface area contributed by atoms with Crippen LogP contribution >= 0.6 is 0 Å². The average molecular weight is 238 g/mol. The van der Waals surface area contributed by atoms with Crippen molar-refractivity contribution in [3.63, 3.8) is 0 Å². The highest BCUT2D eigenvalue weighted by atomic mass is 16.7. The molecule has 16 heavy (non-hydrogen) atoms. The quantitative estimate of drug-likeness (QED) is 0.298. The van der Waals surface area contributed by atoms with E-state index >= 15 is 0 Å². The molecule has 0 bridgehead atoms. The van der Waals surface area contributed by atoms with Gasteiger partial charge < -0.3 is 35.4 Å². The van der Waals surface area contributed by atoms with Crippen LogP contribution in [-0.4, -0.2) is 73.4 Å². The second kappa shape index (κ2) is 4.62. The molecule has 8 heteroatoms. The highest BCUT2D eigenvalue weighted by Gasteiger charge is 2.52. The van der Waals surface area contributed by atoms with Gasteiger partial charge in [0.2, 0.25) is 5.79 Å². The number of carboxylic acids is 1. The summed E-state index contributed by atoms with van der Waals surface area (Å²) in [6.45, 7) is -1.03. The zero-order chi connectivity index (χ0) is 12.5. The van der Waals surface area contributed by atoms with E-state index in [0.29, 0.717) is 0 Å². The Kier molecular flexibility index (Phi) is 3.84. The summed E-state index contributed by atoms with van der Waals surface area (Å²) >= 11 is 0. The fourth-order valence-corrected chi connectivity index (χ4v) is 1.54. The van der Waals surface area contributed by atoms with Crippen molar-refractivity contribution in [1.82, 2.24) is 0 Å². The minimum atomic E-state index is -2.47. The molecule has 0 aromatic carbocycles. The number of rotatable bonds is 3. The summed E-state index contributed by atoms with van der Waals surface area (Å²) in [5.41, 5.74) is 0. The lowest BCUT2D eigenvalue weighted by atomic mass is 9.91. The smallest absolute Gasteiger partial charge is 0.306 e. The molecule has 6 N–H and O–H groups in total. The molecular formula is C8H14O8. The second-order valence-corrected chi connectivity index (χ2v) is 3.68. The third-order valence-electron chi connectivity index (χ3n) is 2.47. The number of ether oxygens (including phenoxy) is 1. The number of carbonyl (C=O) groups is 1. The average Bonchev–Trinajstić information content (AvgIpc) is 2.22. The van der Waals surface area contributed by atoms with Crippen LogP contribution in [0.15, 0.2) is 0 Å². The van der Waals surface area contributed by atoms with Gasteiger partial charge in [0.1, 0.15) is 24.4 Å². The number of hydrogen-bond acceptors (Lipinski definition) is 7. The highest BCUT2D eigenvalue weighted by Crippen LogP contribution is 2.29. The number of carboxylic acid groups (broad SMARTS) is 1. The Bertz CT molecular complexity index is 269. The Morgan fingerprint density at radius 2 is 1.81 bits per heavy atom. The lowest BCUT2D eigenvalue weighted by Gasteiger charge is -2.44. The van der Waals surface area contributed by atoms with Gasteiger partial charge in [-0.15, -0.1) is 0 Å². The zero-order valence-corrected chi connectivity index (χ0v) is 8.22. The molecule has 0 aliphatic carbocycles. The van der Waals surface area contributed by atoms with Crippen molar-refractivity contribution in [2.75, 3.05) is 6.61 Å². The van der Waals surface area contributed by atoms with Gasteiger partial charge in [0.15, 0.2) is 0 Å². The van der Waals surface area contributed by atoms with Crippen molar-refractivity contribution in [3.05, 3.63) is 0 Å². The van der Waals surface area contributed by atoms with Crippen molar-refractivity contribution < 1.29 is 40.2 Å². The van der Waals surface area contributed by atoms with Crippen LogP contribution < -0.4 is 0 Å². The molecule has 1 fully saturated rings. The van der Waals surface area contributed by atoms with Crippen LogP contribution in [0.1, 0.15) is 6.42 Å². The van der Waals surface area contributed by atoms with Gasteiger partial charge in [0.25, 0.3) is 0 Å². The maximum atomic E-state index is 10.4. The maximum absolute atomic E-state index is 10.4. The van der Waals surface area contributed by atoms with E-state index in [9.17, 15) is 25.2 Å². The van der Waals surface area contributed by atoms with Crippen LogP contribution in [0.2, 0.25) is 0 Å².